The molecule has 5 rings (SSSR count). The zero-order valence-electron chi connectivity index (χ0n) is 16.7. The molecule has 0 aliphatic carbocycles. The van der Waals surface area contributed by atoms with Crippen molar-refractivity contribution in [1.29, 1.82) is 0 Å². The van der Waals surface area contributed by atoms with E-state index in [1.807, 2.05) is 6.07 Å². The van der Waals surface area contributed by atoms with Crippen molar-refractivity contribution in [2.75, 3.05) is 31.6 Å². The molecule has 2 N–H and O–H groups in total. The van der Waals surface area contributed by atoms with E-state index in [2.05, 4.69) is 49.4 Å². The number of morpholine rings is 1. The number of rotatable bonds is 5. The Balaban J connectivity index is 1.43. The van der Waals surface area contributed by atoms with Crippen molar-refractivity contribution in [3.05, 3.63) is 71.3 Å². The number of hydrogen-bond acceptors (Lipinski definition) is 5. The summed E-state index contributed by atoms with van der Waals surface area (Å²) in [5, 5.41) is 4.11. The Hall–Kier alpha value is -3.00. The summed E-state index contributed by atoms with van der Waals surface area (Å²) in [7, 11) is 0. The Kier molecular flexibility index (Phi) is 5.55. The molecule has 31 heavy (non-hydrogen) atoms. The highest BCUT2D eigenvalue weighted by molar-refractivity contribution is 6.31. The first kappa shape index (κ1) is 19.9. The lowest BCUT2D eigenvalue weighted by Crippen LogP contribution is -2.35. The first-order chi connectivity index (χ1) is 15.2. The molecule has 1 aliphatic rings. The number of fused-ring (bicyclic) bond motifs is 1. The van der Waals surface area contributed by atoms with Crippen LogP contribution in [0, 0.1) is 5.82 Å². The second-order valence-electron chi connectivity index (χ2n) is 7.51. The summed E-state index contributed by atoms with van der Waals surface area (Å²) in [6.45, 7) is 4.38. The quantitative estimate of drug-likeness (QED) is 0.460. The molecule has 1 aliphatic heterocycles. The van der Waals surface area contributed by atoms with E-state index in [0.29, 0.717) is 11.5 Å². The van der Waals surface area contributed by atoms with Gasteiger partial charge in [0, 0.05) is 31.0 Å². The molecular weight excluding hydrogens is 417 g/mol. The molecule has 0 bridgehead atoms. The number of benzene rings is 2. The molecule has 0 atom stereocenters. The monoisotopic (exact) mass is 437 g/mol. The van der Waals surface area contributed by atoms with Gasteiger partial charge in [-0.2, -0.15) is 0 Å². The van der Waals surface area contributed by atoms with Gasteiger partial charge in [-0.3, -0.25) is 4.90 Å². The highest BCUT2D eigenvalue weighted by Gasteiger charge is 2.13. The Labute approximate surface area is 184 Å². The van der Waals surface area contributed by atoms with Gasteiger partial charge in [0.25, 0.3) is 0 Å². The molecule has 0 saturated carbocycles. The number of ether oxygens (including phenoxy) is 1. The summed E-state index contributed by atoms with van der Waals surface area (Å²) >= 11 is 5.90. The van der Waals surface area contributed by atoms with Crippen LogP contribution in [0.4, 0.5) is 15.9 Å². The lowest BCUT2D eigenvalue weighted by atomic mass is 10.1. The summed E-state index contributed by atoms with van der Waals surface area (Å²) in [6, 6.07) is 15.0. The van der Waals surface area contributed by atoms with Crippen molar-refractivity contribution in [3.63, 3.8) is 0 Å². The van der Waals surface area contributed by atoms with Crippen LogP contribution in [-0.4, -0.2) is 46.2 Å². The maximum atomic E-state index is 13.5. The van der Waals surface area contributed by atoms with Gasteiger partial charge >= 0.3 is 0 Å². The fraction of sp³-hybridized carbons (Fsp3) is 0.217. The standard InChI is InChI=1S/C23H21ClFN5O/c24-19-11-17(4-5-20(19)25)28-22-18-12-21(29-23(18)27-14-26-22)16-3-1-2-15(10-16)13-30-6-8-31-9-7-30/h1-5,10-12,14H,6-9,13H2,(H2,26,27,28,29). The average Bonchev–Trinajstić information content (AvgIpc) is 3.23. The number of halogens is 2. The minimum absolute atomic E-state index is 0.0575. The largest absolute Gasteiger partial charge is 0.379 e. The predicted octanol–water partition coefficient (Wildman–Crippen LogP) is 4.99. The molecule has 8 heteroatoms. The average molecular weight is 438 g/mol. The molecule has 2 aromatic carbocycles. The van der Waals surface area contributed by atoms with Crippen molar-refractivity contribution >= 4 is 34.1 Å². The highest BCUT2D eigenvalue weighted by Crippen LogP contribution is 2.30. The zero-order valence-corrected chi connectivity index (χ0v) is 17.5. The van der Waals surface area contributed by atoms with Gasteiger partial charge in [-0.15, -0.1) is 0 Å². The minimum atomic E-state index is -0.457. The molecule has 3 heterocycles. The third kappa shape index (κ3) is 4.39. The van der Waals surface area contributed by atoms with Crippen molar-refractivity contribution in [1.82, 2.24) is 19.9 Å². The van der Waals surface area contributed by atoms with E-state index in [9.17, 15) is 4.39 Å². The summed E-state index contributed by atoms with van der Waals surface area (Å²) in [6.07, 6.45) is 1.49. The van der Waals surface area contributed by atoms with Crippen molar-refractivity contribution in [2.45, 2.75) is 6.54 Å². The number of anilines is 2. The molecule has 0 radical (unpaired) electrons. The van der Waals surface area contributed by atoms with Crippen molar-refractivity contribution in [2.24, 2.45) is 0 Å². The van der Waals surface area contributed by atoms with E-state index in [1.54, 1.807) is 6.07 Å². The van der Waals surface area contributed by atoms with Crippen LogP contribution >= 0.6 is 11.6 Å². The molecule has 0 spiro atoms. The molecule has 0 amide bonds. The zero-order chi connectivity index (χ0) is 21.2. The second kappa shape index (κ2) is 8.63. The van der Waals surface area contributed by atoms with Crippen LogP contribution in [-0.2, 0) is 11.3 Å². The number of aromatic amines is 1. The molecule has 4 aromatic rings. The summed E-state index contributed by atoms with van der Waals surface area (Å²) in [5.74, 6) is 0.167. The van der Waals surface area contributed by atoms with Gasteiger partial charge in [-0.1, -0.05) is 29.8 Å². The lowest BCUT2D eigenvalue weighted by Gasteiger charge is -2.26. The van der Waals surface area contributed by atoms with Crippen LogP contribution in [0.15, 0.2) is 54.9 Å². The molecule has 1 fully saturated rings. The summed E-state index contributed by atoms with van der Waals surface area (Å²) in [4.78, 5) is 14.5. The van der Waals surface area contributed by atoms with Crippen molar-refractivity contribution in [3.8, 4) is 11.3 Å². The molecule has 6 nitrogen and oxygen atoms in total. The third-order valence-corrected chi connectivity index (χ3v) is 5.65. The van der Waals surface area contributed by atoms with Gasteiger partial charge in [0.1, 0.15) is 23.6 Å². The fourth-order valence-corrected chi connectivity index (χ4v) is 3.94. The number of H-pyrrole nitrogens is 1. The smallest absolute Gasteiger partial charge is 0.143 e. The fourth-order valence-electron chi connectivity index (χ4n) is 3.76. The van der Waals surface area contributed by atoms with Crippen LogP contribution in [0.25, 0.3) is 22.3 Å². The van der Waals surface area contributed by atoms with Gasteiger partial charge in [0.2, 0.25) is 0 Å². The maximum Gasteiger partial charge on any atom is 0.143 e. The van der Waals surface area contributed by atoms with Crippen LogP contribution < -0.4 is 5.32 Å². The van der Waals surface area contributed by atoms with Gasteiger partial charge in [-0.05, 0) is 41.5 Å². The number of nitrogens with zero attached hydrogens (tertiary/aromatic N) is 3. The normalized spacial score (nSPS) is 14.8. The Morgan fingerprint density at radius 3 is 2.81 bits per heavy atom. The van der Waals surface area contributed by atoms with E-state index in [0.717, 1.165) is 55.1 Å². The van der Waals surface area contributed by atoms with E-state index in [1.165, 1.54) is 24.0 Å². The van der Waals surface area contributed by atoms with Crippen molar-refractivity contribution < 1.29 is 9.13 Å². The Morgan fingerprint density at radius 2 is 1.97 bits per heavy atom. The van der Waals surface area contributed by atoms with Crippen LogP contribution in [0.2, 0.25) is 5.02 Å². The minimum Gasteiger partial charge on any atom is -0.379 e. The van der Waals surface area contributed by atoms with Gasteiger partial charge < -0.3 is 15.0 Å². The number of nitrogens with one attached hydrogen (secondary N) is 2. The first-order valence-electron chi connectivity index (χ1n) is 10.1. The van der Waals surface area contributed by atoms with E-state index in [-0.39, 0.29) is 5.02 Å². The van der Waals surface area contributed by atoms with E-state index >= 15 is 0 Å². The predicted molar refractivity (Wildman–Crippen MR) is 120 cm³/mol. The van der Waals surface area contributed by atoms with Gasteiger partial charge in [0.15, 0.2) is 0 Å². The van der Waals surface area contributed by atoms with E-state index in [4.69, 9.17) is 16.3 Å². The molecule has 2 aromatic heterocycles. The van der Waals surface area contributed by atoms with E-state index < -0.39 is 5.82 Å². The van der Waals surface area contributed by atoms with Crippen LogP contribution in [0.1, 0.15) is 5.56 Å². The number of aromatic nitrogens is 3. The molecule has 0 unspecified atom stereocenters. The summed E-state index contributed by atoms with van der Waals surface area (Å²) < 4.78 is 18.9. The first-order valence-corrected chi connectivity index (χ1v) is 10.5. The molecular formula is C23H21ClFN5O. The Morgan fingerprint density at radius 1 is 1.10 bits per heavy atom. The van der Waals surface area contributed by atoms with Gasteiger partial charge in [0.05, 0.1) is 23.6 Å². The number of hydrogen-bond donors (Lipinski definition) is 2. The molecule has 158 valence electrons. The maximum absolute atomic E-state index is 13.5. The second-order valence-corrected chi connectivity index (χ2v) is 7.92. The summed E-state index contributed by atoms with van der Waals surface area (Å²) in [5.41, 5.74) is 4.67. The lowest BCUT2D eigenvalue weighted by molar-refractivity contribution is 0.0342. The van der Waals surface area contributed by atoms with Crippen LogP contribution in [0.3, 0.4) is 0 Å². The topological polar surface area (TPSA) is 66.1 Å². The third-order valence-electron chi connectivity index (χ3n) is 5.36. The highest BCUT2D eigenvalue weighted by atomic mass is 35.5. The molecule has 1 saturated heterocycles. The Bertz CT molecular complexity index is 1220. The SMILES string of the molecule is Fc1ccc(Nc2ncnc3[nH]c(-c4cccc(CN5CCOCC5)c4)cc23)cc1Cl. The van der Waals surface area contributed by atoms with Gasteiger partial charge in [-0.25, -0.2) is 14.4 Å². The van der Waals surface area contributed by atoms with Crippen LogP contribution in [0.5, 0.6) is 0 Å².